The Hall–Kier alpha value is -0.0800. The first-order valence-corrected chi connectivity index (χ1v) is 4.73. The Bertz CT molecular complexity index is 128. The van der Waals surface area contributed by atoms with E-state index in [1.165, 1.54) is 25.7 Å². The molecule has 0 aromatic rings. The number of hydrogen-bond donors (Lipinski definition) is 1. The van der Waals surface area contributed by atoms with E-state index in [1.54, 1.807) is 0 Å². The number of hydrogen-bond acceptors (Lipinski definition) is 2. The number of rotatable bonds is 3. The van der Waals surface area contributed by atoms with Gasteiger partial charge in [0.05, 0.1) is 6.10 Å². The lowest BCUT2D eigenvalue weighted by Crippen LogP contribution is -2.28. The van der Waals surface area contributed by atoms with E-state index in [0.717, 1.165) is 19.1 Å². The van der Waals surface area contributed by atoms with Crippen molar-refractivity contribution >= 4 is 0 Å². The third kappa shape index (κ3) is 1.57. The summed E-state index contributed by atoms with van der Waals surface area (Å²) >= 11 is 0. The zero-order valence-electron chi connectivity index (χ0n) is 6.96. The van der Waals surface area contributed by atoms with Crippen LogP contribution in [0, 0.1) is 11.8 Å². The molecule has 0 spiro atoms. The summed E-state index contributed by atoms with van der Waals surface area (Å²) in [6.07, 6.45) is 5.78. The Morgan fingerprint density at radius 3 is 2.64 bits per heavy atom. The van der Waals surface area contributed by atoms with Crippen molar-refractivity contribution < 1.29 is 4.74 Å². The van der Waals surface area contributed by atoms with Crippen molar-refractivity contribution in [3.8, 4) is 0 Å². The fourth-order valence-electron chi connectivity index (χ4n) is 2.11. The predicted octanol–water partition coefficient (Wildman–Crippen LogP) is 1.15. The lowest BCUT2D eigenvalue weighted by atomic mass is 9.95. The second kappa shape index (κ2) is 3.11. The summed E-state index contributed by atoms with van der Waals surface area (Å²) < 4.78 is 5.63. The van der Waals surface area contributed by atoms with E-state index < -0.39 is 0 Å². The normalized spacial score (nSPS) is 34.1. The Kier molecular flexibility index (Phi) is 2.14. The lowest BCUT2D eigenvalue weighted by Gasteiger charge is -2.20. The van der Waals surface area contributed by atoms with E-state index in [2.05, 4.69) is 0 Å². The van der Waals surface area contributed by atoms with Crippen LogP contribution in [-0.2, 0) is 4.74 Å². The number of ether oxygens (including phenoxy) is 1. The molecule has 2 nitrogen and oxygen atoms in total. The highest BCUT2D eigenvalue weighted by atomic mass is 16.5. The minimum atomic E-state index is 0.507. The quantitative estimate of drug-likeness (QED) is 0.663. The first-order valence-electron chi connectivity index (χ1n) is 4.73. The molecule has 0 bridgehead atoms. The maximum Gasteiger partial charge on any atom is 0.0618 e. The van der Waals surface area contributed by atoms with Crippen LogP contribution >= 0.6 is 0 Å². The van der Waals surface area contributed by atoms with E-state index in [1.807, 2.05) is 0 Å². The second-order valence-electron chi connectivity index (χ2n) is 3.79. The van der Waals surface area contributed by atoms with Crippen molar-refractivity contribution in [3.63, 3.8) is 0 Å². The molecule has 1 saturated heterocycles. The van der Waals surface area contributed by atoms with Gasteiger partial charge in [0.2, 0.25) is 0 Å². The van der Waals surface area contributed by atoms with Gasteiger partial charge in [-0.1, -0.05) is 0 Å². The van der Waals surface area contributed by atoms with Crippen LogP contribution in [0.2, 0.25) is 0 Å². The minimum Gasteiger partial charge on any atom is -0.378 e. The van der Waals surface area contributed by atoms with Gasteiger partial charge in [0.25, 0.3) is 0 Å². The van der Waals surface area contributed by atoms with Crippen LogP contribution in [-0.4, -0.2) is 19.3 Å². The van der Waals surface area contributed by atoms with Gasteiger partial charge in [-0.3, -0.25) is 0 Å². The standard InChI is InChI=1S/C9H17NO/c10-6-8(7-3-4-7)9-2-1-5-11-9/h7-9H,1-6,10H2. The molecule has 2 fully saturated rings. The van der Waals surface area contributed by atoms with Crippen molar-refractivity contribution in [3.05, 3.63) is 0 Å². The Morgan fingerprint density at radius 1 is 1.36 bits per heavy atom. The van der Waals surface area contributed by atoms with Gasteiger partial charge in [-0.25, -0.2) is 0 Å². The fourth-order valence-corrected chi connectivity index (χ4v) is 2.11. The van der Waals surface area contributed by atoms with Gasteiger partial charge in [-0.15, -0.1) is 0 Å². The van der Waals surface area contributed by atoms with Crippen LogP contribution in [0.25, 0.3) is 0 Å². The molecule has 1 saturated carbocycles. The van der Waals surface area contributed by atoms with Gasteiger partial charge in [0.1, 0.15) is 0 Å². The Balaban J connectivity index is 1.87. The average Bonchev–Trinajstić information content (AvgIpc) is 2.68. The summed E-state index contributed by atoms with van der Waals surface area (Å²) in [7, 11) is 0. The molecule has 1 heterocycles. The predicted molar refractivity (Wildman–Crippen MR) is 44.2 cm³/mol. The van der Waals surface area contributed by atoms with Crippen LogP contribution in [0.15, 0.2) is 0 Å². The first kappa shape index (κ1) is 7.56. The molecule has 11 heavy (non-hydrogen) atoms. The van der Waals surface area contributed by atoms with E-state index in [4.69, 9.17) is 10.5 Å². The van der Waals surface area contributed by atoms with Crippen LogP contribution < -0.4 is 5.73 Å². The first-order chi connectivity index (χ1) is 5.42. The minimum absolute atomic E-state index is 0.507. The molecule has 64 valence electrons. The Morgan fingerprint density at radius 2 is 2.18 bits per heavy atom. The molecule has 1 aliphatic carbocycles. The van der Waals surface area contributed by atoms with E-state index in [0.29, 0.717) is 12.0 Å². The van der Waals surface area contributed by atoms with E-state index >= 15 is 0 Å². The smallest absolute Gasteiger partial charge is 0.0618 e. The van der Waals surface area contributed by atoms with Crippen molar-refractivity contribution in [1.29, 1.82) is 0 Å². The van der Waals surface area contributed by atoms with Gasteiger partial charge in [0.15, 0.2) is 0 Å². The SMILES string of the molecule is NCC(C1CC1)C1CCCO1. The largest absolute Gasteiger partial charge is 0.378 e. The third-order valence-electron chi connectivity index (χ3n) is 2.94. The topological polar surface area (TPSA) is 35.2 Å². The average molecular weight is 155 g/mol. The summed E-state index contributed by atoms with van der Waals surface area (Å²) in [4.78, 5) is 0. The summed E-state index contributed by atoms with van der Waals surface area (Å²) in [5.41, 5.74) is 5.71. The van der Waals surface area contributed by atoms with Crippen molar-refractivity contribution in [1.82, 2.24) is 0 Å². The molecule has 0 amide bonds. The summed E-state index contributed by atoms with van der Waals surface area (Å²) in [6, 6.07) is 0. The van der Waals surface area contributed by atoms with Crippen molar-refractivity contribution in [2.45, 2.75) is 31.8 Å². The summed E-state index contributed by atoms with van der Waals surface area (Å²) in [5, 5.41) is 0. The zero-order chi connectivity index (χ0) is 7.68. The molecule has 1 aliphatic heterocycles. The van der Waals surface area contributed by atoms with Gasteiger partial charge in [-0.05, 0) is 38.1 Å². The second-order valence-corrected chi connectivity index (χ2v) is 3.79. The lowest BCUT2D eigenvalue weighted by molar-refractivity contribution is 0.0576. The highest BCUT2D eigenvalue weighted by Gasteiger charge is 2.37. The van der Waals surface area contributed by atoms with Crippen molar-refractivity contribution in [2.24, 2.45) is 17.6 Å². The summed E-state index contributed by atoms with van der Waals surface area (Å²) in [6.45, 7) is 1.79. The summed E-state index contributed by atoms with van der Waals surface area (Å²) in [5.74, 6) is 1.58. The zero-order valence-corrected chi connectivity index (χ0v) is 6.96. The van der Waals surface area contributed by atoms with Gasteiger partial charge in [-0.2, -0.15) is 0 Å². The van der Waals surface area contributed by atoms with E-state index in [-0.39, 0.29) is 0 Å². The van der Waals surface area contributed by atoms with Crippen LogP contribution in [0.1, 0.15) is 25.7 Å². The molecular weight excluding hydrogens is 138 g/mol. The maximum absolute atomic E-state index is 5.71. The van der Waals surface area contributed by atoms with Crippen LogP contribution in [0.4, 0.5) is 0 Å². The Labute approximate surface area is 68.1 Å². The van der Waals surface area contributed by atoms with E-state index in [9.17, 15) is 0 Å². The molecule has 2 N–H and O–H groups in total. The molecule has 2 heteroatoms. The molecule has 0 radical (unpaired) electrons. The molecule has 2 unspecified atom stereocenters. The highest BCUT2D eigenvalue weighted by molar-refractivity contribution is 4.88. The molecular formula is C9H17NO. The van der Waals surface area contributed by atoms with Crippen LogP contribution in [0.5, 0.6) is 0 Å². The third-order valence-corrected chi connectivity index (χ3v) is 2.94. The van der Waals surface area contributed by atoms with Crippen LogP contribution in [0.3, 0.4) is 0 Å². The highest BCUT2D eigenvalue weighted by Crippen LogP contribution is 2.40. The molecule has 0 aromatic carbocycles. The molecule has 0 aromatic heterocycles. The fraction of sp³-hybridized carbons (Fsp3) is 1.00. The monoisotopic (exact) mass is 155 g/mol. The molecule has 2 atom stereocenters. The van der Waals surface area contributed by atoms with Gasteiger partial charge < -0.3 is 10.5 Å². The molecule has 2 aliphatic rings. The van der Waals surface area contributed by atoms with Gasteiger partial charge in [0, 0.05) is 12.5 Å². The molecule has 2 rings (SSSR count). The number of nitrogens with two attached hydrogens (primary N) is 1. The van der Waals surface area contributed by atoms with Crippen molar-refractivity contribution in [2.75, 3.05) is 13.2 Å². The van der Waals surface area contributed by atoms with Gasteiger partial charge >= 0.3 is 0 Å². The maximum atomic E-state index is 5.71.